The third kappa shape index (κ3) is 5.35. The number of hydrogen-bond donors (Lipinski definition) is 2. The Morgan fingerprint density at radius 3 is 2.79 bits per heavy atom. The van der Waals surface area contributed by atoms with Crippen LogP contribution in [0.1, 0.15) is 0 Å². The van der Waals surface area contributed by atoms with Crippen LogP contribution in [0.2, 0.25) is 5.02 Å². The van der Waals surface area contributed by atoms with Crippen LogP contribution < -0.4 is 10.2 Å². The first-order chi connectivity index (χ1) is 8.90. The number of aliphatic hydroxyl groups is 1. The Labute approximate surface area is 114 Å². The van der Waals surface area contributed by atoms with E-state index >= 15 is 0 Å². The van der Waals surface area contributed by atoms with Crippen molar-refractivity contribution in [1.29, 1.82) is 0 Å². The quantitative estimate of drug-likeness (QED) is 0.818. The number of amides is 1. The van der Waals surface area contributed by atoms with Gasteiger partial charge in [0.2, 0.25) is 5.91 Å². The van der Waals surface area contributed by atoms with Gasteiger partial charge in [0.25, 0.3) is 6.43 Å². The Kier molecular flexibility index (Phi) is 5.91. The van der Waals surface area contributed by atoms with E-state index in [2.05, 4.69) is 10.3 Å². The fourth-order valence-electron chi connectivity index (χ4n) is 1.25. The second kappa shape index (κ2) is 7.20. The normalized spacial score (nSPS) is 12.3. The van der Waals surface area contributed by atoms with Gasteiger partial charge in [-0.3, -0.25) is 4.79 Å². The van der Waals surface area contributed by atoms with Crippen LogP contribution in [-0.4, -0.2) is 48.7 Å². The Hall–Kier alpha value is -1.47. The Bertz CT molecular complexity index is 417. The predicted octanol–water partition coefficient (Wildman–Crippen LogP) is 0.913. The monoisotopic (exact) mass is 293 g/mol. The first-order valence-corrected chi connectivity index (χ1v) is 5.83. The maximum atomic E-state index is 12.0. The largest absolute Gasteiger partial charge is 0.385 e. The van der Waals surface area contributed by atoms with Crippen LogP contribution in [0, 0.1) is 0 Å². The van der Waals surface area contributed by atoms with Gasteiger partial charge in [-0.05, 0) is 12.1 Å². The lowest BCUT2D eigenvalue weighted by Crippen LogP contribution is -2.41. The molecule has 0 aliphatic carbocycles. The molecule has 19 heavy (non-hydrogen) atoms. The lowest BCUT2D eigenvalue weighted by atomic mass is 10.3. The van der Waals surface area contributed by atoms with Gasteiger partial charge in [0.15, 0.2) is 0 Å². The van der Waals surface area contributed by atoms with Gasteiger partial charge in [0.05, 0.1) is 11.6 Å². The van der Waals surface area contributed by atoms with Gasteiger partial charge < -0.3 is 15.3 Å². The highest BCUT2D eigenvalue weighted by atomic mass is 35.5. The van der Waals surface area contributed by atoms with Crippen LogP contribution in [-0.2, 0) is 4.79 Å². The topological polar surface area (TPSA) is 65.5 Å². The zero-order valence-corrected chi connectivity index (χ0v) is 10.9. The van der Waals surface area contributed by atoms with E-state index < -0.39 is 25.0 Å². The van der Waals surface area contributed by atoms with Crippen molar-refractivity contribution in [3.05, 3.63) is 23.4 Å². The lowest BCUT2D eigenvalue weighted by Gasteiger charge is -2.18. The van der Waals surface area contributed by atoms with Crippen LogP contribution in [0.15, 0.2) is 18.3 Å². The van der Waals surface area contributed by atoms with E-state index in [0.717, 1.165) is 0 Å². The zero-order chi connectivity index (χ0) is 14.4. The van der Waals surface area contributed by atoms with Crippen molar-refractivity contribution in [2.45, 2.75) is 12.5 Å². The number of carbonyl (C=O) groups excluding carboxylic acids is 1. The van der Waals surface area contributed by atoms with Crippen molar-refractivity contribution in [2.24, 2.45) is 0 Å². The molecule has 0 saturated heterocycles. The van der Waals surface area contributed by atoms with Crippen molar-refractivity contribution in [3.63, 3.8) is 0 Å². The number of rotatable bonds is 6. The molecule has 1 heterocycles. The molecule has 0 saturated carbocycles. The number of anilines is 1. The van der Waals surface area contributed by atoms with Crippen LogP contribution in [0.3, 0.4) is 0 Å². The van der Waals surface area contributed by atoms with E-state index in [-0.39, 0.29) is 6.54 Å². The van der Waals surface area contributed by atoms with Gasteiger partial charge in [0, 0.05) is 19.8 Å². The molecule has 1 aromatic rings. The summed E-state index contributed by atoms with van der Waals surface area (Å²) in [7, 11) is 1.62. The average molecular weight is 294 g/mol. The smallest absolute Gasteiger partial charge is 0.265 e. The number of likely N-dealkylation sites (N-methyl/N-ethyl adjacent to an activating group) is 1. The highest BCUT2D eigenvalue weighted by molar-refractivity contribution is 6.30. The molecule has 1 unspecified atom stereocenters. The number of aliphatic hydroxyl groups excluding tert-OH is 1. The fraction of sp³-hybridized carbons (Fsp3) is 0.455. The minimum absolute atomic E-state index is 0.0649. The first-order valence-electron chi connectivity index (χ1n) is 5.45. The van der Waals surface area contributed by atoms with Gasteiger partial charge in [-0.15, -0.1) is 0 Å². The highest BCUT2D eigenvalue weighted by Crippen LogP contribution is 2.12. The highest BCUT2D eigenvalue weighted by Gasteiger charge is 2.17. The summed E-state index contributed by atoms with van der Waals surface area (Å²) in [5.74, 6) is 0.0351. The standard InChI is InChI=1S/C11H14ClF2N3O2/c1-17(9-3-2-7(12)4-15-9)6-10(19)16-5-8(18)11(13)14/h2-4,8,11,18H,5-6H2,1H3,(H,16,19). The van der Waals surface area contributed by atoms with E-state index in [0.29, 0.717) is 10.8 Å². The average Bonchev–Trinajstić information content (AvgIpc) is 2.36. The van der Waals surface area contributed by atoms with E-state index in [1.54, 1.807) is 19.2 Å². The molecular formula is C11H14ClF2N3O2. The Balaban J connectivity index is 2.42. The molecule has 0 spiro atoms. The maximum absolute atomic E-state index is 12.0. The summed E-state index contributed by atoms with van der Waals surface area (Å²) in [5.41, 5.74) is 0. The molecule has 2 N–H and O–H groups in total. The first kappa shape index (κ1) is 15.6. The zero-order valence-electron chi connectivity index (χ0n) is 10.2. The number of carbonyl (C=O) groups is 1. The molecule has 1 atom stereocenters. The Morgan fingerprint density at radius 1 is 1.58 bits per heavy atom. The second-order valence-electron chi connectivity index (χ2n) is 3.90. The molecule has 0 bridgehead atoms. The number of aromatic nitrogens is 1. The molecule has 0 radical (unpaired) electrons. The summed E-state index contributed by atoms with van der Waals surface area (Å²) in [6.07, 6.45) is -3.30. The van der Waals surface area contributed by atoms with Gasteiger partial charge >= 0.3 is 0 Å². The van der Waals surface area contributed by atoms with Crippen LogP contribution in [0.25, 0.3) is 0 Å². The SMILES string of the molecule is CN(CC(=O)NCC(O)C(F)F)c1ccc(Cl)cn1. The van der Waals surface area contributed by atoms with E-state index in [4.69, 9.17) is 16.7 Å². The lowest BCUT2D eigenvalue weighted by molar-refractivity contribution is -0.120. The summed E-state index contributed by atoms with van der Waals surface area (Å²) in [6.45, 7) is -0.553. The summed E-state index contributed by atoms with van der Waals surface area (Å²) in [5, 5.41) is 11.5. The summed E-state index contributed by atoms with van der Waals surface area (Å²) in [6, 6.07) is 3.25. The van der Waals surface area contributed by atoms with Gasteiger partial charge in [-0.2, -0.15) is 0 Å². The number of pyridine rings is 1. The number of halogens is 3. The van der Waals surface area contributed by atoms with E-state index in [1.165, 1.54) is 11.1 Å². The van der Waals surface area contributed by atoms with Gasteiger partial charge in [-0.25, -0.2) is 13.8 Å². The van der Waals surface area contributed by atoms with E-state index in [9.17, 15) is 13.6 Å². The molecular weight excluding hydrogens is 280 g/mol. The molecule has 8 heteroatoms. The predicted molar refractivity (Wildman–Crippen MR) is 67.5 cm³/mol. The van der Waals surface area contributed by atoms with E-state index in [1.807, 2.05) is 0 Å². The third-order valence-electron chi connectivity index (χ3n) is 2.28. The van der Waals surface area contributed by atoms with Crippen LogP contribution in [0.5, 0.6) is 0 Å². The molecule has 1 aromatic heterocycles. The molecule has 0 aliphatic rings. The fourth-order valence-corrected chi connectivity index (χ4v) is 1.37. The number of hydrogen-bond acceptors (Lipinski definition) is 4. The summed E-state index contributed by atoms with van der Waals surface area (Å²) < 4.78 is 24.0. The van der Waals surface area contributed by atoms with Crippen LogP contribution in [0.4, 0.5) is 14.6 Å². The molecule has 106 valence electrons. The van der Waals surface area contributed by atoms with Crippen LogP contribution >= 0.6 is 11.6 Å². The summed E-state index contributed by atoms with van der Waals surface area (Å²) >= 11 is 5.68. The minimum Gasteiger partial charge on any atom is -0.385 e. The van der Waals surface area contributed by atoms with Crippen molar-refractivity contribution in [2.75, 3.05) is 25.0 Å². The summed E-state index contributed by atoms with van der Waals surface area (Å²) in [4.78, 5) is 17.0. The molecule has 1 rings (SSSR count). The maximum Gasteiger partial charge on any atom is 0.265 e. The molecule has 0 aromatic carbocycles. The Morgan fingerprint density at radius 2 is 2.26 bits per heavy atom. The minimum atomic E-state index is -2.88. The van der Waals surface area contributed by atoms with Crippen molar-refractivity contribution in [1.82, 2.24) is 10.3 Å². The van der Waals surface area contributed by atoms with Crippen molar-refractivity contribution in [3.8, 4) is 0 Å². The third-order valence-corrected chi connectivity index (χ3v) is 2.51. The second-order valence-corrected chi connectivity index (χ2v) is 4.33. The molecule has 0 aliphatic heterocycles. The molecule has 5 nitrogen and oxygen atoms in total. The van der Waals surface area contributed by atoms with Gasteiger partial charge in [-0.1, -0.05) is 11.6 Å². The van der Waals surface area contributed by atoms with Crippen molar-refractivity contribution < 1.29 is 18.7 Å². The van der Waals surface area contributed by atoms with Gasteiger partial charge in [0.1, 0.15) is 11.9 Å². The number of nitrogens with one attached hydrogen (secondary N) is 1. The van der Waals surface area contributed by atoms with Crippen molar-refractivity contribution >= 4 is 23.3 Å². The number of alkyl halides is 2. The number of nitrogens with zero attached hydrogens (tertiary/aromatic N) is 2. The molecule has 1 amide bonds. The molecule has 0 fully saturated rings.